The first-order valence-electron chi connectivity index (χ1n) is 3.54. The van der Waals surface area contributed by atoms with E-state index >= 15 is 0 Å². The Morgan fingerprint density at radius 1 is 0.833 bits per heavy atom. The predicted molar refractivity (Wildman–Crippen MR) is 45.6 cm³/mol. The molecule has 0 saturated heterocycles. The first kappa shape index (κ1) is 9.10. The molecular formula is C10H8CoO. The molecule has 0 spiro atoms. The molecule has 0 amide bonds. The topological polar surface area (TPSA) is 20.2 Å². The van der Waals surface area contributed by atoms with Crippen LogP contribution in [0.2, 0.25) is 0 Å². The van der Waals surface area contributed by atoms with Gasteiger partial charge >= 0.3 is 0 Å². The van der Waals surface area contributed by atoms with E-state index in [2.05, 4.69) is 0 Å². The van der Waals surface area contributed by atoms with Gasteiger partial charge in [-0.25, -0.2) is 0 Å². The van der Waals surface area contributed by atoms with Gasteiger partial charge in [0.1, 0.15) is 5.75 Å². The molecule has 0 unspecified atom stereocenters. The molecule has 0 aromatic heterocycles. The van der Waals surface area contributed by atoms with Gasteiger partial charge in [-0.05, 0) is 11.5 Å². The SMILES string of the molecule is Oc1cccc2ccccc12.[Co]. The molecule has 2 aromatic rings. The summed E-state index contributed by atoms with van der Waals surface area (Å²) in [7, 11) is 0. The smallest absolute Gasteiger partial charge is 0.123 e. The molecule has 0 aliphatic carbocycles. The Labute approximate surface area is 81.2 Å². The summed E-state index contributed by atoms with van der Waals surface area (Å²) >= 11 is 0. The molecule has 0 heterocycles. The number of fused-ring (bicyclic) bond motifs is 1. The summed E-state index contributed by atoms with van der Waals surface area (Å²) in [5.74, 6) is 0.350. The van der Waals surface area contributed by atoms with Gasteiger partial charge in [-0.1, -0.05) is 36.4 Å². The minimum absolute atomic E-state index is 0. The first-order valence-corrected chi connectivity index (χ1v) is 3.54. The Hall–Kier alpha value is -0.994. The molecule has 2 aromatic carbocycles. The van der Waals surface area contributed by atoms with Gasteiger partial charge in [0.05, 0.1) is 0 Å². The Balaban J connectivity index is 0.000000720. The van der Waals surface area contributed by atoms with Crippen molar-refractivity contribution in [2.24, 2.45) is 0 Å². The van der Waals surface area contributed by atoms with E-state index in [0.717, 1.165) is 10.8 Å². The molecule has 0 saturated carbocycles. The molecule has 0 aliphatic heterocycles. The number of hydrogen-bond acceptors (Lipinski definition) is 1. The summed E-state index contributed by atoms with van der Waals surface area (Å²) in [5, 5.41) is 11.4. The van der Waals surface area contributed by atoms with Crippen molar-refractivity contribution in [1.82, 2.24) is 0 Å². The van der Waals surface area contributed by atoms with Crippen molar-refractivity contribution < 1.29 is 21.9 Å². The number of aromatic hydroxyl groups is 1. The average Bonchev–Trinajstić information content (AvgIpc) is 2.06. The molecular weight excluding hydrogens is 195 g/mol. The summed E-state index contributed by atoms with van der Waals surface area (Å²) < 4.78 is 0. The predicted octanol–water partition coefficient (Wildman–Crippen LogP) is 2.54. The van der Waals surface area contributed by atoms with Crippen molar-refractivity contribution in [2.45, 2.75) is 0 Å². The van der Waals surface area contributed by atoms with E-state index < -0.39 is 0 Å². The summed E-state index contributed by atoms with van der Waals surface area (Å²) in [6, 6.07) is 13.3. The quantitative estimate of drug-likeness (QED) is 0.697. The van der Waals surface area contributed by atoms with Crippen LogP contribution in [-0.2, 0) is 16.8 Å². The maximum atomic E-state index is 9.37. The van der Waals surface area contributed by atoms with Gasteiger partial charge < -0.3 is 5.11 Å². The third-order valence-electron chi connectivity index (χ3n) is 1.77. The minimum atomic E-state index is 0. The summed E-state index contributed by atoms with van der Waals surface area (Å²) in [4.78, 5) is 0. The van der Waals surface area contributed by atoms with Gasteiger partial charge in [-0.15, -0.1) is 0 Å². The van der Waals surface area contributed by atoms with Crippen LogP contribution in [0.3, 0.4) is 0 Å². The Morgan fingerprint density at radius 2 is 1.50 bits per heavy atom. The number of phenols is 1. The molecule has 1 nitrogen and oxygen atoms in total. The maximum absolute atomic E-state index is 9.37. The van der Waals surface area contributed by atoms with Crippen molar-refractivity contribution >= 4 is 10.8 Å². The fourth-order valence-corrected chi connectivity index (χ4v) is 1.21. The van der Waals surface area contributed by atoms with E-state index in [1.54, 1.807) is 6.07 Å². The molecule has 2 rings (SSSR count). The molecule has 12 heavy (non-hydrogen) atoms. The first-order chi connectivity index (χ1) is 5.38. The normalized spacial score (nSPS) is 9.33. The number of rotatable bonds is 0. The van der Waals surface area contributed by atoms with Crippen LogP contribution in [0.5, 0.6) is 5.75 Å². The van der Waals surface area contributed by atoms with Gasteiger partial charge in [0.15, 0.2) is 0 Å². The molecule has 0 bridgehead atoms. The number of benzene rings is 2. The maximum Gasteiger partial charge on any atom is 0.123 e. The standard InChI is InChI=1S/C10H8O.Co/c11-10-7-3-5-8-4-1-2-6-9(8)10;/h1-7,11H;. The van der Waals surface area contributed by atoms with Crippen molar-refractivity contribution in [3.63, 3.8) is 0 Å². The second-order valence-electron chi connectivity index (χ2n) is 2.50. The molecule has 0 atom stereocenters. The van der Waals surface area contributed by atoms with E-state index in [9.17, 15) is 5.11 Å². The van der Waals surface area contributed by atoms with Gasteiger partial charge in [0, 0.05) is 22.2 Å². The summed E-state index contributed by atoms with van der Waals surface area (Å²) in [6.07, 6.45) is 0. The van der Waals surface area contributed by atoms with E-state index in [1.165, 1.54) is 0 Å². The van der Waals surface area contributed by atoms with E-state index in [-0.39, 0.29) is 16.8 Å². The number of phenolic OH excluding ortho intramolecular Hbond substituents is 1. The van der Waals surface area contributed by atoms with Crippen molar-refractivity contribution in [1.29, 1.82) is 0 Å². The van der Waals surface area contributed by atoms with E-state index in [0.29, 0.717) is 5.75 Å². The second-order valence-corrected chi connectivity index (χ2v) is 2.50. The Kier molecular flexibility index (Phi) is 2.73. The van der Waals surface area contributed by atoms with Gasteiger partial charge in [0.2, 0.25) is 0 Å². The molecule has 1 N–H and O–H groups in total. The van der Waals surface area contributed by atoms with Crippen LogP contribution >= 0.6 is 0 Å². The van der Waals surface area contributed by atoms with E-state index in [1.807, 2.05) is 36.4 Å². The molecule has 2 heteroatoms. The average molecular weight is 203 g/mol. The zero-order valence-electron chi connectivity index (χ0n) is 6.32. The van der Waals surface area contributed by atoms with Crippen molar-refractivity contribution in [3.8, 4) is 5.75 Å². The van der Waals surface area contributed by atoms with Crippen molar-refractivity contribution in [2.75, 3.05) is 0 Å². The largest absolute Gasteiger partial charge is 0.507 e. The third-order valence-corrected chi connectivity index (χ3v) is 1.77. The minimum Gasteiger partial charge on any atom is -0.507 e. The zero-order valence-corrected chi connectivity index (χ0v) is 7.36. The van der Waals surface area contributed by atoms with Crippen LogP contribution in [-0.4, -0.2) is 5.11 Å². The van der Waals surface area contributed by atoms with Crippen LogP contribution in [0.25, 0.3) is 10.8 Å². The van der Waals surface area contributed by atoms with Crippen molar-refractivity contribution in [3.05, 3.63) is 42.5 Å². The molecule has 0 fully saturated rings. The Bertz CT molecular complexity index is 379. The molecule has 0 aliphatic rings. The van der Waals surface area contributed by atoms with Crippen LogP contribution in [0, 0.1) is 0 Å². The summed E-state index contributed by atoms with van der Waals surface area (Å²) in [5.41, 5.74) is 0. The molecule has 63 valence electrons. The van der Waals surface area contributed by atoms with Crippen LogP contribution in [0.1, 0.15) is 0 Å². The van der Waals surface area contributed by atoms with Crippen LogP contribution in [0.4, 0.5) is 0 Å². The van der Waals surface area contributed by atoms with Gasteiger partial charge in [-0.3, -0.25) is 0 Å². The van der Waals surface area contributed by atoms with Gasteiger partial charge in [-0.2, -0.15) is 0 Å². The summed E-state index contributed by atoms with van der Waals surface area (Å²) in [6.45, 7) is 0. The van der Waals surface area contributed by atoms with Crippen LogP contribution in [0.15, 0.2) is 42.5 Å². The van der Waals surface area contributed by atoms with Gasteiger partial charge in [0.25, 0.3) is 0 Å². The Morgan fingerprint density at radius 3 is 2.25 bits per heavy atom. The number of hydrogen-bond donors (Lipinski definition) is 1. The van der Waals surface area contributed by atoms with Crippen LogP contribution < -0.4 is 0 Å². The van der Waals surface area contributed by atoms with E-state index in [4.69, 9.17) is 0 Å². The zero-order chi connectivity index (χ0) is 7.68. The fourth-order valence-electron chi connectivity index (χ4n) is 1.21. The monoisotopic (exact) mass is 203 g/mol. The molecule has 1 radical (unpaired) electrons. The second kappa shape index (κ2) is 3.60. The third kappa shape index (κ3) is 1.44. The fraction of sp³-hybridized carbons (Fsp3) is 0.